The van der Waals surface area contributed by atoms with Crippen molar-refractivity contribution in [2.75, 3.05) is 5.32 Å². The van der Waals surface area contributed by atoms with Gasteiger partial charge in [0.15, 0.2) is 0 Å². The number of fused-ring (bicyclic) bond motifs is 1. The van der Waals surface area contributed by atoms with Gasteiger partial charge in [-0.05, 0) is 61.8 Å². The zero-order chi connectivity index (χ0) is 14.8. The normalized spacial score (nSPS) is 28.8. The van der Waals surface area contributed by atoms with Crippen LogP contribution in [0.5, 0.6) is 0 Å². The van der Waals surface area contributed by atoms with Gasteiger partial charge in [0.25, 0.3) is 0 Å². The largest absolute Gasteiger partial charge is 0.326 e. The summed E-state index contributed by atoms with van der Waals surface area (Å²) >= 11 is 3.49. The summed E-state index contributed by atoms with van der Waals surface area (Å²) in [5.74, 6) is 2.13. The first-order valence-corrected chi connectivity index (χ1v) is 8.99. The zero-order valence-corrected chi connectivity index (χ0v) is 14.3. The van der Waals surface area contributed by atoms with Crippen molar-refractivity contribution in [2.24, 2.45) is 17.8 Å². The van der Waals surface area contributed by atoms with Gasteiger partial charge >= 0.3 is 0 Å². The van der Waals surface area contributed by atoms with Crippen LogP contribution in [0, 0.1) is 24.7 Å². The molecular formula is C18H24BrNO. The molecule has 3 rings (SSSR count). The van der Waals surface area contributed by atoms with Crippen molar-refractivity contribution < 1.29 is 4.79 Å². The molecule has 2 nitrogen and oxygen atoms in total. The Hall–Kier alpha value is -0.830. The van der Waals surface area contributed by atoms with Crippen LogP contribution in [0.3, 0.4) is 0 Å². The minimum Gasteiger partial charge on any atom is -0.326 e. The summed E-state index contributed by atoms with van der Waals surface area (Å²) < 4.78 is 1.02. The molecule has 1 aromatic carbocycles. The predicted molar refractivity (Wildman–Crippen MR) is 90.3 cm³/mol. The lowest BCUT2D eigenvalue weighted by atomic mass is 9.67. The molecule has 1 N–H and O–H groups in total. The summed E-state index contributed by atoms with van der Waals surface area (Å²) in [5.41, 5.74) is 2.08. The summed E-state index contributed by atoms with van der Waals surface area (Å²) in [6, 6.07) is 6.08. The second-order valence-electron chi connectivity index (χ2n) is 6.82. The number of anilines is 1. The quantitative estimate of drug-likeness (QED) is 0.770. The number of nitrogens with one attached hydrogen (secondary N) is 1. The van der Waals surface area contributed by atoms with Crippen LogP contribution in [-0.4, -0.2) is 5.91 Å². The van der Waals surface area contributed by atoms with Crippen LogP contribution in [0.1, 0.15) is 50.5 Å². The van der Waals surface area contributed by atoms with E-state index in [9.17, 15) is 4.79 Å². The maximum absolute atomic E-state index is 12.5. The lowest BCUT2D eigenvalue weighted by Gasteiger charge is -2.38. The van der Waals surface area contributed by atoms with Crippen LogP contribution in [0.25, 0.3) is 0 Å². The van der Waals surface area contributed by atoms with E-state index in [0.717, 1.165) is 40.4 Å². The smallest absolute Gasteiger partial charge is 0.227 e. The fourth-order valence-electron chi connectivity index (χ4n) is 4.16. The second-order valence-corrected chi connectivity index (χ2v) is 7.74. The zero-order valence-electron chi connectivity index (χ0n) is 12.7. The fourth-order valence-corrected chi connectivity index (χ4v) is 4.77. The highest BCUT2D eigenvalue weighted by Gasteiger charge is 2.34. The summed E-state index contributed by atoms with van der Waals surface area (Å²) in [5, 5.41) is 3.12. The molecule has 21 heavy (non-hydrogen) atoms. The minimum atomic E-state index is 0.212. The Balaban J connectivity index is 1.62. The Labute approximate surface area is 135 Å². The van der Waals surface area contributed by atoms with Crippen LogP contribution in [0.4, 0.5) is 5.69 Å². The van der Waals surface area contributed by atoms with Gasteiger partial charge in [-0.1, -0.05) is 41.6 Å². The maximum atomic E-state index is 12.5. The molecule has 0 heterocycles. The number of halogens is 1. The average molecular weight is 350 g/mol. The number of hydrogen-bond acceptors (Lipinski definition) is 1. The van der Waals surface area contributed by atoms with Crippen molar-refractivity contribution in [1.82, 2.24) is 0 Å². The van der Waals surface area contributed by atoms with E-state index >= 15 is 0 Å². The molecule has 0 saturated heterocycles. The number of carbonyl (C=O) groups excluding carboxylic acids is 1. The highest BCUT2D eigenvalue weighted by atomic mass is 79.9. The Morgan fingerprint density at radius 3 is 2.62 bits per heavy atom. The van der Waals surface area contributed by atoms with E-state index in [1.807, 2.05) is 19.1 Å². The number of hydrogen-bond donors (Lipinski definition) is 1. The topological polar surface area (TPSA) is 29.1 Å². The van der Waals surface area contributed by atoms with E-state index in [2.05, 4.69) is 27.3 Å². The van der Waals surface area contributed by atoms with Crippen LogP contribution >= 0.6 is 15.9 Å². The summed E-state index contributed by atoms with van der Waals surface area (Å²) in [6.07, 6.45) is 8.91. The van der Waals surface area contributed by atoms with E-state index in [1.165, 1.54) is 32.1 Å². The fraction of sp³-hybridized carbons (Fsp3) is 0.611. The van der Waals surface area contributed by atoms with E-state index in [1.54, 1.807) is 0 Å². The van der Waals surface area contributed by atoms with Gasteiger partial charge < -0.3 is 5.32 Å². The number of amides is 1. The Morgan fingerprint density at radius 1 is 1.10 bits per heavy atom. The second kappa shape index (κ2) is 6.51. The third-order valence-electron chi connectivity index (χ3n) is 5.22. The SMILES string of the molecule is Cc1cc(Br)cc(NC(=O)C2CCC3CCCCC3C2)c1. The molecule has 2 saturated carbocycles. The highest BCUT2D eigenvalue weighted by Crippen LogP contribution is 2.42. The molecule has 3 heteroatoms. The summed E-state index contributed by atoms with van der Waals surface area (Å²) in [4.78, 5) is 12.5. The van der Waals surface area contributed by atoms with E-state index in [4.69, 9.17) is 0 Å². The first-order chi connectivity index (χ1) is 10.1. The van der Waals surface area contributed by atoms with Gasteiger partial charge in [-0.2, -0.15) is 0 Å². The lowest BCUT2D eigenvalue weighted by Crippen LogP contribution is -2.33. The molecule has 0 aliphatic heterocycles. The molecule has 3 unspecified atom stereocenters. The van der Waals surface area contributed by atoms with Gasteiger partial charge in [0.05, 0.1) is 0 Å². The molecule has 0 aromatic heterocycles. The minimum absolute atomic E-state index is 0.212. The first kappa shape index (κ1) is 15.1. The number of carbonyl (C=O) groups is 1. The number of benzene rings is 1. The van der Waals surface area contributed by atoms with Crippen molar-refractivity contribution in [3.05, 3.63) is 28.2 Å². The molecular weight excluding hydrogens is 326 g/mol. The van der Waals surface area contributed by atoms with Gasteiger partial charge in [-0.3, -0.25) is 4.79 Å². The summed E-state index contributed by atoms with van der Waals surface area (Å²) in [6.45, 7) is 2.05. The average Bonchev–Trinajstić information content (AvgIpc) is 2.45. The molecule has 1 aromatic rings. The molecule has 3 atom stereocenters. The molecule has 2 aliphatic carbocycles. The standard InChI is InChI=1S/C18H24BrNO/c1-12-8-16(19)11-17(9-12)20-18(21)15-7-6-13-4-2-3-5-14(13)10-15/h8-9,11,13-15H,2-7,10H2,1H3,(H,20,21). The first-order valence-electron chi connectivity index (χ1n) is 8.20. The van der Waals surface area contributed by atoms with Gasteiger partial charge in [-0.15, -0.1) is 0 Å². The Kier molecular flexibility index (Phi) is 4.68. The molecule has 114 valence electrons. The summed E-state index contributed by atoms with van der Waals surface area (Å²) in [7, 11) is 0. The van der Waals surface area contributed by atoms with E-state index in [0.29, 0.717) is 0 Å². The molecule has 0 spiro atoms. The van der Waals surface area contributed by atoms with Crippen LogP contribution in [0.15, 0.2) is 22.7 Å². The third kappa shape index (κ3) is 3.68. The van der Waals surface area contributed by atoms with Crippen molar-refractivity contribution >= 4 is 27.5 Å². The van der Waals surface area contributed by atoms with Crippen molar-refractivity contribution in [3.63, 3.8) is 0 Å². The van der Waals surface area contributed by atoms with Crippen molar-refractivity contribution in [1.29, 1.82) is 0 Å². The highest BCUT2D eigenvalue weighted by molar-refractivity contribution is 9.10. The molecule has 2 aliphatic rings. The van der Waals surface area contributed by atoms with Gasteiger partial charge in [-0.25, -0.2) is 0 Å². The van der Waals surface area contributed by atoms with Gasteiger partial charge in [0.2, 0.25) is 5.91 Å². The van der Waals surface area contributed by atoms with E-state index < -0.39 is 0 Å². The van der Waals surface area contributed by atoms with Gasteiger partial charge in [0.1, 0.15) is 0 Å². The van der Waals surface area contributed by atoms with E-state index in [-0.39, 0.29) is 11.8 Å². The monoisotopic (exact) mass is 349 g/mol. The van der Waals surface area contributed by atoms with Crippen molar-refractivity contribution in [2.45, 2.75) is 51.9 Å². The maximum Gasteiger partial charge on any atom is 0.227 e. The molecule has 1 amide bonds. The van der Waals surface area contributed by atoms with Gasteiger partial charge in [0, 0.05) is 16.1 Å². The van der Waals surface area contributed by atoms with Crippen LogP contribution in [-0.2, 0) is 4.79 Å². The Bertz CT molecular complexity index is 508. The number of aryl methyl sites for hydroxylation is 1. The van der Waals surface area contributed by atoms with Crippen LogP contribution in [0.2, 0.25) is 0 Å². The Morgan fingerprint density at radius 2 is 1.86 bits per heavy atom. The molecule has 0 radical (unpaired) electrons. The predicted octanol–water partition coefficient (Wildman–Crippen LogP) is 5.30. The molecule has 0 bridgehead atoms. The third-order valence-corrected chi connectivity index (χ3v) is 5.68. The van der Waals surface area contributed by atoms with Crippen molar-refractivity contribution in [3.8, 4) is 0 Å². The molecule has 2 fully saturated rings. The number of rotatable bonds is 2. The lowest BCUT2D eigenvalue weighted by molar-refractivity contribution is -0.122. The van der Waals surface area contributed by atoms with Crippen LogP contribution < -0.4 is 5.32 Å².